The summed E-state index contributed by atoms with van der Waals surface area (Å²) in [5.41, 5.74) is 6.05. The van der Waals surface area contributed by atoms with Crippen LogP contribution in [0.1, 0.15) is 12.8 Å². The second-order valence-corrected chi connectivity index (χ2v) is 7.45. The first kappa shape index (κ1) is 17.1. The molecule has 8 heteroatoms. The van der Waals surface area contributed by atoms with Gasteiger partial charge in [0.2, 0.25) is 5.95 Å². The lowest BCUT2D eigenvalue weighted by molar-refractivity contribution is 0.312. The van der Waals surface area contributed by atoms with Gasteiger partial charge in [-0.25, -0.2) is 4.98 Å². The summed E-state index contributed by atoms with van der Waals surface area (Å²) in [7, 11) is 2.16. The lowest BCUT2D eigenvalue weighted by Gasteiger charge is -2.36. The van der Waals surface area contributed by atoms with Crippen molar-refractivity contribution in [2.24, 2.45) is 5.92 Å². The molecule has 2 N–H and O–H groups in total. The third-order valence-corrected chi connectivity index (χ3v) is 5.41. The molecule has 26 heavy (non-hydrogen) atoms. The highest BCUT2D eigenvalue weighted by Gasteiger charge is 2.23. The largest absolute Gasteiger partial charge is 0.368 e. The zero-order valence-corrected chi connectivity index (χ0v) is 15.5. The second-order valence-electron chi connectivity index (χ2n) is 7.45. The van der Waals surface area contributed by atoms with E-state index in [-0.39, 0.29) is 0 Å². The van der Waals surface area contributed by atoms with Gasteiger partial charge in [0, 0.05) is 64.3 Å². The van der Waals surface area contributed by atoms with E-state index in [1.807, 2.05) is 18.7 Å². The van der Waals surface area contributed by atoms with Crippen molar-refractivity contribution in [3.05, 3.63) is 24.8 Å². The summed E-state index contributed by atoms with van der Waals surface area (Å²) in [6.07, 6.45) is 8.18. The molecular formula is C18H28N8. The Morgan fingerprint density at radius 2 is 1.85 bits per heavy atom. The molecule has 1 atom stereocenters. The monoisotopic (exact) mass is 356 g/mol. The van der Waals surface area contributed by atoms with Crippen LogP contribution >= 0.6 is 0 Å². The molecule has 2 aliphatic rings. The quantitative estimate of drug-likeness (QED) is 0.873. The zero-order valence-electron chi connectivity index (χ0n) is 15.5. The Kier molecular flexibility index (Phi) is 4.92. The van der Waals surface area contributed by atoms with Crippen LogP contribution in [0, 0.1) is 5.92 Å². The van der Waals surface area contributed by atoms with Crippen molar-refractivity contribution in [3.63, 3.8) is 0 Å². The number of hydrogen-bond donors (Lipinski definition) is 1. The lowest BCUT2D eigenvalue weighted by atomic mass is 9.98. The minimum atomic E-state index is 0.369. The first-order valence-corrected chi connectivity index (χ1v) is 9.46. The Morgan fingerprint density at radius 1 is 1.08 bits per heavy atom. The van der Waals surface area contributed by atoms with Crippen LogP contribution in [0.2, 0.25) is 0 Å². The van der Waals surface area contributed by atoms with Crippen molar-refractivity contribution >= 4 is 17.6 Å². The number of hydrogen-bond acceptors (Lipinski definition) is 7. The Morgan fingerprint density at radius 3 is 2.58 bits per heavy atom. The summed E-state index contributed by atoms with van der Waals surface area (Å²) in [6.45, 7) is 7.09. The number of nitrogens with two attached hydrogens (primary N) is 1. The third-order valence-electron chi connectivity index (χ3n) is 5.41. The van der Waals surface area contributed by atoms with Crippen molar-refractivity contribution in [3.8, 4) is 0 Å². The lowest BCUT2D eigenvalue weighted by Crippen LogP contribution is -2.45. The third kappa shape index (κ3) is 3.90. The molecule has 0 amide bonds. The summed E-state index contributed by atoms with van der Waals surface area (Å²) in [5.74, 6) is 2.88. The van der Waals surface area contributed by atoms with Crippen molar-refractivity contribution in [1.82, 2.24) is 24.4 Å². The van der Waals surface area contributed by atoms with E-state index in [4.69, 9.17) is 5.73 Å². The van der Waals surface area contributed by atoms with Crippen LogP contribution in [0.5, 0.6) is 0 Å². The van der Waals surface area contributed by atoms with Gasteiger partial charge in [0.05, 0.1) is 6.33 Å². The van der Waals surface area contributed by atoms with E-state index < -0.39 is 0 Å². The summed E-state index contributed by atoms with van der Waals surface area (Å²) in [4.78, 5) is 20.2. The standard InChI is InChI=1S/C18H28N8/c1-23-7-9-25(10-8-23)16-11-17(22-18(19)21-16)26-5-2-3-15(13-26)12-24-6-4-20-14-24/h4,6,11,14-15H,2-3,5,7-10,12-13H2,1H3,(H2,19,21,22)/t15-/m0/s1. The molecular weight excluding hydrogens is 328 g/mol. The molecule has 0 unspecified atom stereocenters. The maximum absolute atomic E-state index is 6.05. The van der Waals surface area contributed by atoms with Crippen LogP contribution in [-0.4, -0.2) is 70.7 Å². The van der Waals surface area contributed by atoms with E-state index in [1.54, 1.807) is 0 Å². The fraction of sp³-hybridized carbons (Fsp3) is 0.611. The zero-order chi connectivity index (χ0) is 17.9. The molecule has 2 fully saturated rings. The Labute approximate surface area is 154 Å². The molecule has 4 rings (SSSR count). The fourth-order valence-corrected chi connectivity index (χ4v) is 3.91. The summed E-state index contributed by atoms with van der Waals surface area (Å²) in [5, 5.41) is 0. The molecule has 0 radical (unpaired) electrons. The predicted octanol–water partition coefficient (Wildman–Crippen LogP) is 0.924. The number of likely N-dealkylation sites (N-methyl/N-ethyl adjacent to an activating group) is 1. The molecule has 0 saturated carbocycles. The number of piperazine rings is 1. The van der Waals surface area contributed by atoms with Gasteiger partial charge in [0.15, 0.2) is 0 Å². The van der Waals surface area contributed by atoms with Gasteiger partial charge < -0.3 is 25.0 Å². The van der Waals surface area contributed by atoms with Gasteiger partial charge in [-0.3, -0.25) is 0 Å². The van der Waals surface area contributed by atoms with Gasteiger partial charge in [0.25, 0.3) is 0 Å². The normalized spacial score (nSPS) is 22.0. The average Bonchev–Trinajstić information content (AvgIpc) is 3.15. The maximum Gasteiger partial charge on any atom is 0.223 e. The molecule has 0 spiro atoms. The topological polar surface area (TPSA) is 79.3 Å². The number of anilines is 3. The van der Waals surface area contributed by atoms with E-state index in [2.05, 4.69) is 47.3 Å². The second kappa shape index (κ2) is 7.49. The van der Waals surface area contributed by atoms with Gasteiger partial charge in [-0.15, -0.1) is 0 Å². The molecule has 0 bridgehead atoms. The minimum absolute atomic E-state index is 0.369. The summed E-state index contributed by atoms with van der Waals surface area (Å²) >= 11 is 0. The predicted molar refractivity (Wildman–Crippen MR) is 103 cm³/mol. The molecule has 140 valence electrons. The van der Waals surface area contributed by atoms with Gasteiger partial charge in [-0.2, -0.15) is 9.97 Å². The van der Waals surface area contributed by atoms with Crippen LogP contribution in [0.15, 0.2) is 24.8 Å². The van der Waals surface area contributed by atoms with Crippen molar-refractivity contribution in [2.45, 2.75) is 19.4 Å². The first-order valence-electron chi connectivity index (χ1n) is 9.46. The van der Waals surface area contributed by atoms with Gasteiger partial charge in [-0.1, -0.05) is 0 Å². The van der Waals surface area contributed by atoms with Crippen LogP contribution < -0.4 is 15.5 Å². The van der Waals surface area contributed by atoms with Gasteiger partial charge >= 0.3 is 0 Å². The van der Waals surface area contributed by atoms with Crippen molar-refractivity contribution in [1.29, 1.82) is 0 Å². The van der Waals surface area contributed by atoms with Gasteiger partial charge in [0.1, 0.15) is 11.6 Å². The number of rotatable bonds is 4. The molecule has 0 aromatic carbocycles. The molecule has 4 heterocycles. The Balaban J connectivity index is 1.47. The number of imidazole rings is 1. The molecule has 2 saturated heterocycles. The van der Waals surface area contributed by atoms with Crippen LogP contribution in [0.3, 0.4) is 0 Å². The number of nitrogen functional groups attached to an aromatic ring is 1. The fourth-order valence-electron chi connectivity index (χ4n) is 3.91. The van der Waals surface area contributed by atoms with E-state index in [9.17, 15) is 0 Å². The minimum Gasteiger partial charge on any atom is -0.368 e. The smallest absolute Gasteiger partial charge is 0.223 e. The number of aromatic nitrogens is 4. The Bertz CT molecular complexity index is 708. The maximum atomic E-state index is 6.05. The van der Waals surface area contributed by atoms with Crippen LogP contribution in [0.4, 0.5) is 17.6 Å². The van der Waals surface area contributed by atoms with Crippen molar-refractivity contribution in [2.75, 3.05) is 61.8 Å². The Hall–Kier alpha value is -2.35. The molecule has 2 aromatic rings. The molecule has 2 aromatic heterocycles. The number of nitrogens with zero attached hydrogens (tertiary/aromatic N) is 7. The number of piperidine rings is 1. The molecule has 0 aliphatic carbocycles. The molecule has 2 aliphatic heterocycles. The van der Waals surface area contributed by atoms with Crippen molar-refractivity contribution < 1.29 is 0 Å². The van der Waals surface area contributed by atoms with Crippen LogP contribution in [0.25, 0.3) is 0 Å². The van der Waals surface area contributed by atoms with E-state index in [1.165, 1.54) is 12.8 Å². The van der Waals surface area contributed by atoms with Crippen LogP contribution in [-0.2, 0) is 6.54 Å². The van der Waals surface area contributed by atoms with Gasteiger partial charge in [-0.05, 0) is 25.8 Å². The SMILES string of the molecule is CN1CCN(c2cc(N3CCC[C@@H](Cn4ccnc4)C3)nc(N)n2)CC1. The highest BCUT2D eigenvalue weighted by molar-refractivity contribution is 5.54. The summed E-state index contributed by atoms with van der Waals surface area (Å²) in [6, 6.07) is 2.11. The first-order chi connectivity index (χ1) is 12.7. The van der Waals surface area contributed by atoms with E-state index >= 15 is 0 Å². The summed E-state index contributed by atoms with van der Waals surface area (Å²) < 4.78 is 2.16. The highest BCUT2D eigenvalue weighted by atomic mass is 15.3. The van der Waals surface area contributed by atoms with E-state index in [0.717, 1.165) is 57.4 Å². The average molecular weight is 356 g/mol. The molecule has 8 nitrogen and oxygen atoms in total. The van der Waals surface area contributed by atoms with E-state index in [0.29, 0.717) is 11.9 Å². The highest BCUT2D eigenvalue weighted by Crippen LogP contribution is 2.26.